The highest BCUT2D eigenvalue weighted by Gasteiger charge is 2.26. The highest BCUT2D eigenvalue weighted by atomic mass is 32.2. The molecule has 1 aliphatic rings. The van der Waals surface area contributed by atoms with Gasteiger partial charge in [-0.05, 0) is 37.8 Å². The van der Waals surface area contributed by atoms with E-state index in [0.717, 1.165) is 16.9 Å². The molecule has 1 fully saturated rings. The van der Waals surface area contributed by atoms with Gasteiger partial charge in [-0.15, -0.1) is 0 Å². The van der Waals surface area contributed by atoms with Gasteiger partial charge in [0.15, 0.2) is 0 Å². The molecule has 0 radical (unpaired) electrons. The molecule has 7 heteroatoms. The molecule has 2 aromatic rings. The fraction of sp³-hybridized carbons (Fsp3) is 0.444. The van der Waals surface area contributed by atoms with E-state index in [9.17, 15) is 13.2 Å². The standard InChI is InChI=1S/C18H23N3O3S/c1-3-16-15(12-19-21(16)17-7-5-4-6-13(17)2)18(22)20-14-8-10-25(23,24)11-9-14/h4-7,12,14H,3,8-11H2,1-2H3,(H,20,22). The Morgan fingerprint density at radius 3 is 2.60 bits per heavy atom. The van der Waals surface area contributed by atoms with Crippen LogP contribution in [0.3, 0.4) is 0 Å². The van der Waals surface area contributed by atoms with Crippen molar-refractivity contribution in [2.24, 2.45) is 0 Å². The number of benzene rings is 1. The maximum Gasteiger partial charge on any atom is 0.254 e. The van der Waals surface area contributed by atoms with Crippen LogP contribution in [0.1, 0.15) is 41.4 Å². The monoisotopic (exact) mass is 361 g/mol. The molecule has 1 aromatic heterocycles. The van der Waals surface area contributed by atoms with Gasteiger partial charge in [0.25, 0.3) is 5.91 Å². The first-order valence-electron chi connectivity index (χ1n) is 8.55. The zero-order valence-electron chi connectivity index (χ0n) is 14.5. The molecule has 0 aliphatic carbocycles. The molecular formula is C18H23N3O3S. The van der Waals surface area contributed by atoms with E-state index in [0.29, 0.717) is 24.8 Å². The summed E-state index contributed by atoms with van der Waals surface area (Å²) in [5, 5.41) is 7.39. The Balaban J connectivity index is 1.81. The highest BCUT2D eigenvalue weighted by Crippen LogP contribution is 2.20. The second-order valence-electron chi connectivity index (χ2n) is 6.46. The zero-order valence-corrected chi connectivity index (χ0v) is 15.3. The van der Waals surface area contributed by atoms with E-state index in [-0.39, 0.29) is 23.5 Å². The molecule has 0 unspecified atom stereocenters. The van der Waals surface area contributed by atoms with Crippen LogP contribution in [0.5, 0.6) is 0 Å². The molecule has 0 atom stereocenters. The van der Waals surface area contributed by atoms with Crippen LogP contribution >= 0.6 is 0 Å². The van der Waals surface area contributed by atoms with Crippen molar-refractivity contribution in [3.8, 4) is 5.69 Å². The first-order chi connectivity index (χ1) is 11.9. The van der Waals surface area contributed by atoms with Gasteiger partial charge in [0, 0.05) is 6.04 Å². The largest absolute Gasteiger partial charge is 0.349 e. The second kappa shape index (κ2) is 7.00. The molecule has 3 rings (SSSR count). The number of sulfone groups is 1. The highest BCUT2D eigenvalue weighted by molar-refractivity contribution is 7.91. The lowest BCUT2D eigenvalue weighted by atomic mass is 10.1. The van der Waals surface area contributed by atoms with E-state index in [1.165, 1.54) is 0 Å². The van der Waals surface area contributed by atoms with E-state index in [1.807, 2.05) is 42.8 Å². The van der Waals surface area contributed by atoms with E-state index in [1.54, 1.807) is 6.20 Å². The van der Waals surface area contributed by atoms with Crippen LogP contribution < -0.4 is 5.32 Å². The summed E-state index contributed by atoms with van der Waals surface area (Å²) in [6, 6.07) is 7.82. The van der Waals surface area contributed by atoms with E-state index in [4.69, 9.17) is 0 Å². The number of hydrogen-bond donors (Lipinski definition) is 1. The number of amides is 1. The molecule has 0 spiro atoms. The van der Waals surface area contributed by atoms with E-state index >= 15 is 0 Å². The summed E-state index contributed by atoms with van der Waals surface area (Å²) in [7, 11) is -2.93. The fourth-order valence-electron chi connectivity index (χ4n) is 3.21. The van der Waals surface area contributed by atoms with Crippen molar-refractivity contribution in [1.29, 1.82) is 0 Å². The minimum absolute atomic E-state index is 0.0949. The molecule has 2 heterocycles. The normalized spacial score (nSPS) is 17.4. The number of hydrogen-bond acceptors (Lipinski definition) is 4. The van der Waals surface area contributed by atoms with Gasteiger partial charge in [0.05, 0.1) is 34.6 Å². The van der Waals surface area contributed by atoms with Gasteiger partial charge in [-0.25, -0.2) is 13.1 Å². The van der Waals surface area contributed by atoms with Crippen molar-refractivity contribution >= 4 is 15.7 Å². The van der Waals surface area contributed by atoms with Crippen LogP contribution in [-0.2, 0) is 16.3 Å². The van der Waals surface area contributed by atoms with Crippen LogP contribution in [0.4, 0.5) is 0 Å². The molecule has 1 saturated heterocycles. The number of carbonyl (C=O) groups is 1. The third-order valence-electron chi connectivity index (χ3n) is 4.68. The molecule has 6 nitrogen and oxygen atoms in total. The number of nitrogens with zero attached hydrogens (tertiary/aromatic N) is 2. The fourth-order valence-corrected chi connectivity index (χ4v) is 4.70. The number of aryl methyl sites for hydroxylation is 1. The predicted molar refractivity (Wildman–Crippen MR) is 96.8 cm³/mol. The number of rotatable bonds is 4. The molecule has 1 aromatic carbocycles. The van der Waals surface area contributed by atoms with Crippen molar-refractivity contribution in [2.75, 3.05) is 11.5 Å². The lowest BCUT2D eigenvalue weighted by Gasteiger charge is -2.23. The molecule has 1 amide bonds. The van der Waals surface area contributed by atoms with Crippen LogP contribution in [0.2, 0.25) is 0 Å². The summed E-state index contributed by atoms with van der Waals surface area (Å²) in [6.07, 6.45) is 3.22. The van der Waals surface area contributed by atoms with Crippen molar-refractivity contribution in [3.05, 3.63) is 47.3 Å². The van der Waals surface area contributed by atoms with Gasteiger partial charge in [-0.2, -0.15) is 5.10 Å². The van der Waals surface area contributed by atoms with Crippen LogP contribution in [0, 0.1) is 6.92 Å². The Labute approximate surface area is 148 Å². The van der Waals surface area contributed by atoms with Gasteiger partial charge >= 0.3 is 0 Å². The Morgan fingerprint density at radius 1 is 1.28 bits per heavy atom. The quantitative estimate of drug-likeness (QED) is 0.904. The third-order valence-corrected chi connectivity index (χ3v) is 6.40. The SMILES string of the molecule is CCc1c(C(=O)NC2CCS(=O)(=O)CC2)cnn1-c1ccccc1C. The number of aromatic nitrogens is 2. The van der Waals surface area contributed by atoms with Crippen molar-refractivity contribution < 1.29 is 13.2 Å². The smallest absolute Gasteiger partial charge is 0.254 e. The first kappa shape index (κ1) is 17.7. The van der Waals surface area contributed by atoms with Gasteiger partial charge in [0.2, 0.25) is 0 Å². The second-order valence-corrected chi connectivity index (χ2v) is 8.76. The molecule has 25 heavy (non-hydrogen) atoms. The Hall–Kier alpha value is -2.15. The average molecular weight is 361 g/mol. The van der Waals surface area contributed by atoms with Crippen molar-refractivity contribution in [1.82, 2.24) is 15.1 Å². The molecule has 1 aliphatic heterocycles. The minimum atomic E-state index is -2.93. The molecule has 134 valence electrons. The van der Waals surface area contributed by atoms with Crippen LogP contribution in [0.25, 0.3) is 5.69 Å². The summed E-state index contributed by atoms with van der Waals surface area (Å²) in [6.45, 7) is 4.01. The molecule has 0 bridgehead atoms. The predicted octanol–water partition coefficient (Wildman–Crippen LogP) is 2.05. The Morgan fingerprint density at radius 2 is 1.96 bits per heavy atom. The first-order valence-corrected chi connectivity index (χ1v) is 10.4. The maximum atomic E-state index is 12.7. The zero-order chi connectivity index (χ0) is 18.0. The number of nitrogens with one attached hydrogen (secondary N) is 1. The van der Waals surface area contributed by atoms with Crippen LogP contribution in [-0.4, -0.2) is 41.7 Å². The summed E-state index contributed by atoms with van der Waals surface area (Å²) in [5.74, 6) is 0.100. The number of para-hydroxylation sites is 1. The Kier molecular flexibility index (Phi) is 4.94. The number of carbonyl (C=O) groups excluding carboxylic acids is 1. The third kappa shape index (κ3) is 3.76. The van der Waals surface area contributed by atoms with Gasteiger partial charge in [-0.1, -0.05) is 25.1 Å². The lowest BCUT2D eigenvalue weighted by molar-refractivity contribution is 0.0933. The molecular weight excluding hydrogens is 338 g/mol. The maximum absolute atomic E-state index is 12.7. The van der Waals surface area contributed by atoms with E-state index in [2.05, 4.69) is 10.4 Å². The molecule has 1 N–H and O–H groups in total. The minimum Gasteiger partial charge on any atom is -0.349 e. The summed E-state index contributed by atoms with van der Waals surface area (Å²) < 4.78 is 24.9. The lowest BCUT2D eigenvalue weighted by Crippen LogP contribution is -2.41. The summed E-state index contributed by atoms with van der Waals surface area (Å²) in [4.78, 5) is 12.7. The van der Waals surface area contributed by atoms with Gasteiger partial charge in [0.1, 0.15) is 9.84 Å². The Bertz CT molecular complexity index is 873. The van der Waals surface area contributed by atoms with E-state index < -0.39 is 9.84 Å². The molecule has 0 saturated carbocycles. The topological polar surface area (TPSA) is 81.1 Å². The summed E-state index contributed by atoms with van der Waals surface area (Å²) in [5.41, 5.74) is 3.46. The van der Waals surface area contributed by atoms with Gasteiger partial charge < -0.3 is 5.32 Å². The van der Waals surface area contributed by atoms with Gasteiger partial charge in [-0.3, -0.25) is 4.79 Å². The van der Waals surface area contributed by atoms with Crippen molar-refractivity contribution in [2.45, 2.75) is 39.2 Å². The summed E-state index contributed by atoms with van der Waals surface area (Å²) >= 11 is 0. The van der Waals surface area contributed by atoms with Crippen molar-refractivity contribution in [3.63, 3.8) is 0 Å². The van der Waals surface area contributed by atoms with Crippen LogP contribution in [0.15, 0.2) is 30.5 Å². The average Bonchev–Trinajstić information content (AvgIpc) is 3.01.